The second-order valence-electron chi connectivity index (χ2n) is 3.41. The smallest absolute Gasteiger partial charge is 0.159 e. The molecule has 0 spiro atoms. The van der Waals surface area contributed by atoms with Crippen LogP contribution in [0.5, 0.6) is 0 Å². The lowest BCUT2D eigenvalue weighted by Gasteiger charge is -2.08. The number of hydrogen-bond donors (Lipinski definition) is 1. The van der Waals surface area contributed by atoms with Gasteiger partial charge in [0.2, 0.25) is 0 Å². The molecule has 0 amide bonds. The molecule has 0 bridgehead atoms. The Bertz CT molecular complexity index is 529. The second-order valence-corrected chi connectivity index (χ2v) is 3.41. The number of nitrogens with one attached hydrogen (secondary N) is 1. The summed E-state index contributed by atoms with van der Waals surface area (Å²) >= 11 is 0. The van der Waals surface area contributed by atoms with Crippen molar-refractivity contribution in [2.45, 2.75) is 6.92 Å². The molecular formula is C12H11F2N3. The molecule has 1 aromatic heterocycles. The van der Waals surface area contributed by atoms with Crippen molar-refractivity contribution in [3.63, 3.8) is 0 Å². The van der Waals surface area contributed by atoms with E-state index in [1.807, 2.05) is 6.92 Å². The fourth-order valence-electron chi connectivity index (χ4n) is 1.49. The first-order chi connectivity index (χ1) is 8.22. The highest BCUT2D eigenvalue weighted by Crippen LogP contribution is 2.24. The summed E-state index contributed by atoms with van der Waals surface area (Å²) in [6.45, 7) is 2.60. The Balaban J connectivity index is 2.48. The SMILES string of the molecule is CCNc1nccnc1-c1ccc(F)c(F)c1. The first-order valence-electron chi connectivity index (χ1n) is 5.22. The van der Waals surface area contributed by atoms with Crippen molar-refractivity contribution < 1.29 is 8.78 Å². The maximum absolute atomic E-state index is 13.1. The van der Waals surface area contributed by atoms with Crippen molar-refractivity contribution in [2.75, 3.05) is 11.9 Å². The quantitative estimate of drug-likeness (QED) is 0.888. The molecule has 0 aliphatic heterocycles. The van der Waals surface area contributed by atoms with Gasteiger partial charge >= 0.3 is 0 Å². The first-order valence-corrected chi connectivity index (χ1v) is 5.22. The highest BCUT2D eigenvalue weighted by Gasteiger charge is 2.09. The zero-order valence-corrected chi connectivity index (χ0v) is 9.24. The Hall–Kier alpha value is -2.04. The summed E-state index contributed by atoms with van der Waals surface area (Å²) < 4.78 is 26.0. The minimum absolute atomic E-state index is 0.493. The van der Waals surface area contributed by atoms with Gasteiger partial charge in [-0.1, -0.05) is 0 Å². The molecule has 2 aromatic rings. The predicted octanol–water partition coefficient (Wildman–Crippen LogP) is 2.85. The number of aromatic nitrogens is 2. The maximum atomic E-state index is 13.1. The van der Waals surface area contributed by atoms with Gasteiger partial charge in [0.1, 0.15) is 5.69 Å². The van der Waals surface area contributed by atoms with E-state index in [9.17, 15) is 8.78 Å². The molecule has 0 saturated heterocycles. The van der Waals surface area contributed by atoms with Gasteiger partial charge < -0.3 is 5.32 Å². The Kier molecular flexibility index (Phi) is 3.27. The third-order valence-corrected chi connectivity index (χ3v) is 2.24. The average Bonchev–Trinajstić information content (AvgIpc) is 2.34. The summed E-state index contributed by atoms with van der Waals surface area (Å²) in [5, 5.41) is 3.02. The van der Waals surface area contributed by atoms with Gasteiger partial charge in [0.05, 0.1) is 0 Å². The van der Waals surface area contributed by atoms with Gasteiger partial charge in [-0.3, -0.25) is 4.98 Å². The Morgan fingerprint density at radius 1 is 1.12 bits per heavy atom. The molecule has 0 atom stereocenters. The van der Waals surface area contributed by atoms with Crippen LogP contribution in [-0.2, 0) is 0 Å². The molecule has 88 valence electrons. The van der Waals surface area contributed by atoms with Gasteiger partial charge in [0, 0.05) is 24.5 Å². The van der Waals surface area contributed by atoms with Crippen molar-refractivity contribution in [2.24, 2.45) is 0 Å². The van der Waals surface area contributed by atoms with Crippen molar-refractivity contribution in [1.82, 2.24) is 9.97 Å². The average molecular weight is 235 g/mol. The molecule has 0 fully saturated rings. The van der Waals surface area contributed by atoms with Crippen LogP contribution in [0.15, 0.2) is 30.6 Å². The van der Waals surface area contributed by atoms with E-state index in [4.69, 9.17) is 0 Å². The molecule has 0 radical (unpaired) electrons. The molecule has 1 aromatic carbocycles. The highest BCUT2D eigenvalue weighted by atomic mass is 19.2. The van der Waals surface area contributed by atoms with Crippen LogP contribution < -0.4 is 5.32 Å². The number of hydrogen-bond acceptors (Lipinski definition) is 3. The van der Waals surface area contributed by atoms with Crippen molar-refractivity contribution in [3.05, 3.63) is 42.2 Å². The zero-order valence-electron chi connectivity index (χ0n) is 9.24. The van der Waals surface area contributed by atoms with Crippen LogP contribution in [0.1, 0.15) is 6.92 Å². The van der Waals surface area contributed by atoms with Crippen LogP contribution in [0.25, 0.3) is 11.3 Å². The number of benzene rings is 1. The van der Waals surface area contributed by atoms with E-state index in [2.05, 4.69) is 15.3 Å². The first kappa shape index (κ1) is 11.4. The molecular weight excluding hydrogens is 224 g/mol. The van der Waals surface area contributed by atoms with E-state index in [0.717, 1.165) is 12.1 Å². The molecule has 2 rings (SSSR count). The molecule has 17 heavy (non-hydrogen) atoms. The molecule has 0 aliphatic rings. The van der Waals surface area contributed by atoms with E-state index >= 15 is 0 Å². The summed E-state index contributed by atoms with van der Waals surface area (Å²) in [5.41, 5.74) is 1.00. The van der Waals surface area contributed by atoms with E-state index in [1.165, 1.54) is 12.3 Å². The van der Waals surface area contributed by atoms with Crippen LogP contribution in [0.2, 0.25) is 0 Å². The fraction of sp³-hybridized carbons (Fsp3) is 0.167. The largest absolute Gasteiger partial charge is 0.369 e. The monoisotopic (exact) mass is 235 g/mol. The van der Waals surface area contributed by atoms with Crippen molar-refractivity contribution >= 4 is 5.82 Å². The minimum Gasteiger partial charge on any atom is -0.369 e. The molecule has 0 saturated carbocycles. The van der Waals surface area contributed by atoms with Gasteiger partial charge in [-0.15, -0.1) is 0 Å². The van der Waals surface area contributed by atoms with Crippen molar-refractivity contribution in [3.8, 4) is 11.3 Å². The zero-order chi connectivity index (χ0) is 12.3. The van der Waals surface area contributed by atoms with Gasteiger partial charge in [-0.25, -0.2) is 13.8 Å². The number of halogens is 2. The summed E-state index contributed by atoms with van der Waals surface area (Å²) in [6.07, 6.45) is 3.05. The van der Waals surface area contributed by atoms with E-state index in [1.54, 1.807) is 6.20 Å². The van der Waals surface area contributed by atoms with Crippen LogP contribution in [0.4, 0.5) is 14.6 Å². The van der Waals surface area contributed by atoms with E-state index < -0.39 is 11.6 Å². The number of anilines is 1. The number of rotatable bonds is 3. The molecule has 0 aliphatic carbocycles. The van der Waals surface area contributed by atoms with Crippen LogP contribution >= 0.6 is 0 Å². The standard InChI is InChI=1S/C12H11F2N3/c1-2-15-12-11(16-5-6-17-12)8-3-4-9(13)10(14)7-8/h3-7H,2H2,1H3,(H,15,17). The minimum atomic E-state index is -0.893. The van der Waals surface area contributed by atoms with Gasteiger partial charge in [0.15, 0.2) is 17.5 Å². The van der Waals surface area contributed by atoms with Crippen molar-refractivity contribution in [1.29, 1.82) is 0 Å². The molecule has 1 N–H and O–H groups in total. The lowest BCUT2D eigenvalue weighted by molar-refractivity contribution is 0.509. The third-order valence-electron chi connectivity index (χ3n) is 2.24. The van der Waals surface area contributed by atoms with Crippen LogP contribution in [-0.4, -0.2) is 16.5 Å². The Labute approximate surface area is 97.5 Å². The molecule has 0 unspecified atom stereocenters. The molecule has 1 heterocycles. The normalized spacial score (nSPS) is 10.3. The van der Waals surface area contributed by atoms with E-state index in [-0.39, 0.29) is 0 Å². The number of nitrogens with zero attached hydrogens (tertiary/aromatic N) is 2. The fourth-order valence-corrected chi connectivity index (χ4v) is 1.49. The van der Waals surface area contributed by atoms with E-state index in [0.29, 0.717) is 23.6 Å². The Morgan fingerprint density at radius 3 is 2.59 bits per heavy atom. The summed E-state index contributed by atoms with van der Waals surface area (Å²) in [5.74, 6) is -1.21. The van der Waals surface area contributed by atoms with Crippen LogP contribution in [0.3, 0.4) is 0 Å². The molecule has 3 nitrogen and oxygen atoms in total. The summed E-state index contributed by atoms with van der Waals surface area (Å²) in [7, 11) is 0. The summed E-state index contributed by atoms with van der Waals surface area (Å²) in [6, 6.07) is 3.67. The highest BCUT2D eigenvalue weighted by molar-refractivity contribution is 5.70. The van der Waals surface area contributed by atoms with Crippen LogP contribution in [0, 0.1) is 11.6 Å². The lowest BCUT2D eigenvalue weighted by Crippen LogP contribution is -2.02. The topological polar surface area (TPSA) is 37.8 Å². The van der Waals surface area contributed by atoms with Gasteiger partial charge in [-0.2, -0.15) is 0 Å². The second kappa shape index (κ2) is 4.86. The van der Waals surface area contributed by atoms with Gasteiger partial charge in [-0.05, 0) is 25.1 Å². The maximum Gasteiger partial charge on any atom is 0.159 e. The third kappa shape index (κ3) is 2.38. The Morgan fingerprint density at radius 2 is 1.88 bits per heavy atom. The predicted molar refractivity (Wildman–Crippen MR) is 61.5 cm³/mol. The lowest BCUT2D eigenvalue weighted by atomic mass is 10.1. The molecule has 5 heteroatoms. The van der Waals surface area contributed by atoms with Gasteiger partial charge in [0.25, 0.3) is 0 Å². The summed E-state index contributed by atoms with van der Waals surface area (Å²) in [4.78, 5) is 8.23.